The molecule has 0 heterocycles. The first-order valence-corrected chi connectivity index (χ1v) is 8.44. The lowest BCUT2D eigenvalue weighted by Crippen LogP contribution is -2.16. The SMILES string of the molecule is COc1ccccc1CN(C)c1ccc(S(C)(=O)=O)cc1. The summed E-state index contributed by atoms with van der Waals surface area (Å²) in [7, 11) is 0.459. The lowest BCUT2D eigenvalue weighted by Gasteiger charge is -2.21. The van der Waals surface area contributed by atoms with Crippen LogP contribution in [0, 0.1) is 0 Å². The molecule has 2 rings (SSSR count). The molecule has 0 aliphatic rings. The van der Waals surface area contributed by atoms with Crippen LogP contribution in [0.2, 0.25) is 0 Å². The molecule has 5 heteroatoms. The van der Waals surface area contributed by atoms with Crippen LogP contribution in [0.1, 0.15) is 5.56 Å². The highest BCUT2D eigenvalue weighted by Gasteiger charge is 2.09. The quantitative estimate of drug-likeness (QED) is 0.852. The van der Waals surface area contributed by atoms with Crippen molar-refractivity contribution in [3.8, 4) is 5.75 Å². The average Bonchev–Trinajstić information content (AvgIpc) is 2.47. The molecule has 0 bridgehead atoms. The highest BCUT2D eigenvalue weighted by molar-refractivity contribution is 7.90. The van der Waals surface area contributed by atoms with Gasteiger partial charge in [0.2, 0.25) is 0 Å². The smallest absolute Gasteiger partial charge is 0.175 e. The van der Waals surface area contributed by atoms with Crippen molar-refractivity contribution in [2.75, 3.05) is 25.3 Å². The highest BCUT2D eigenvalue weighted by Crippen LogP contribution is 2.23. The fourth-order valence-electron chi connectivity index (χ4n) is 2.13. The number of methoxy groups -OCH3 is 1. The number of rotatable bonds is 5. The molecule has 0 saturated heterocycles. The van der Waals surface area contributed by atoms with Crippen LogP contribution >= 0.6 is 0 Å². The van der Waals surface area contributed by atoms with Gasteiger partial charge in [-0.3, -0.25) is 0 Å². The maximum Gasteiger partial charge on any atom is 0.175 e. The summed E-state index contributed by atoms with van der Waals surface area (Å²) in [4.78, 5) is 2.38. The topological polar surface area (TPSA) is 46.6 Å². The largest absolute Gasteiger partial charge is 0.496 e. The summed E-state index contributed by atoms with van der Waals surface area (Å²) in [6.45, 7) is 0.683. The van der Waals surface area contributed by atoms with Crippen LogP contribution in [0.5, 0.6) is 5.75 Å². The van der Waals surface area contributed by atoms with E-state index in [1.165, 1.54) is 6.26 Å². The van der Waals surface area contributed by atoms with Crippen LogP contribution in [0.25, 0.3) is 0 Å². The van der Waals surface area contributed by atoms with Crippen LogP contribution in [0.3, 0.4) is 0 Å². The number of hydrogen-bond acceptors (Lipinski definition) is 4. The number of sulfone groups is 1. The molecule has 0 saturated carbocycles. The summed E-state index contributed by atoms with van der Waals surface area (Å²) >= 11 is 0. The van der Waals surface area contributed by atoms with Crippen molar-refractivity contribution in [3.63, 3.8) is 0 Å². The molecule has 4 nitrogen and oxygen atoms in total. The van der Waals surface area contributed by atoms with Gasteiger partial charge in [-0.25, -0.2) is 8.42 Å². The first-order valence-electron chi connectivity index (χ1n) is 6.55. The van der Waals surface area contributed by atoms with E-state index in [1.807, 2.05) is 48.3 Å². The lowest BCUT2D eigenvalue weighted by atomic mass is 10.2. The Morgan fingerprint density at radius 2 is 1.67 bits per heavy atom. The molecule has 0 spiro atoms. The van der Waals surface area contributed by atoms with Crippen LogP contribution in [-0.2, 0) is 16.4 Å². The van der Waals surface area contributed by atoms with E-state index in [4.69, 9.17) is 4.74 Å². The van der Waals surface area contributed by atoms with Gasteiger partial charge in [-0.05, 0) is 30.3 Å². The predicted molar refractivity (Wildman–Crippen MR) is 84.7 cm³/mol. The Labute approximate surface area is 125 Å². The number of para-hydroxylation sites is 1. The standard InChI is InChI=1S/C16H19NO3S/c1-17(12-13-6-4-5-7-16(13)20-2)14-8-10-15(11-9-14)21(3,18)19/h4-11H,12H2,1-3H3. The minimum absolute atomic E-state index is 0.331. The molecule has 0 unspecified atom stereocenters. The average molecular weight is 305 g/mol. The van der Waals surface area contributed by atoms with E-state index in [2.05, 4.69) is 0 Å². The molecule has 0 atom stereocenters. The molecule has 2 aromatic rings. The zero-order chi connectivity index (χ0) is 15.5. The van der Waals surface area contributed by atoms with E-state index in [-0.39, 0.29) is 0 Å². The number of nitrogens with zero attached hydrogens (tertiary/aromatic N) is 1. The molecule has 0 aliphatic heterocycles. The third-order valence-electron chi connectivity index (χ3n) is 3.31. The second-order valence-corrected chi connectivity index (χ2v) is 6.95. The first kappa shape index (κ1) is 15.4. The Kier molecular flexibility index (Phi) is 4.53. The summed E-state index contributed by atoms with van der Waals surface area (Å²) in [5, 5.41) is 0. The maximum absolute atomic E-state index is 11.5. The summed E-state index contributed by atoms with van der Waals surface area (Å²) in [6.07, 6.45) is 1.21. The Balaban J connectivity index is 2.19. The van der Waals surface area contributed by atoms with Crippen molar-refractivity contribution < 1.29 is 13.2 Å². The molecule has 0 radical (unpaired) electrons. The molecule has 2 aromatic carbocycles. The molecule has 0 N–H and O–H groups in total. The highest BCUT2D eigenvalue weighted by atomic mass is 32.2. The number of benzene rings is 2. The summed E-state index contributed by atoms with van der Waals surface area (Å²) in [5.41, 5.74) is 2.03. The van der Waals surface area contributed by atoms with E-state index < -0.39 is 9.84 Å². The third kappa shape index (κ3) is 3.76. The fraction of sp³-hybridized carbons (Fsp3) is 0.250. The summed E-state index contributed by atoms with van der Waals surface area (Å²) in [6, 6.07) is 14.7. The Morgan fingerprint density at radius 1 is 1.05 bits per heavy atom. The van der Waals surface area contributed by atoms with Crippen molar-refractivity contribution in [3.05, 3.63) is 54.1 Å². The van der Waals surface area contributed by atoms with Gasteiger partial charge in [0.15, 0.2) is 9.84 Å². The summed E-state index contributed by atoms with van der Waals surface area (Å²) < 4.78 is 28.3. The van der Waals surface area contributed by atoms with Crippen LogP contribution in [0.4, 0.5) is 5.69 Å². The van der Waals surface area contributed by atoms with E-state index in [1.54, 1.807) is 19.2 Å². The minimum atomic E-state index is -3.15. The summed E-state index contributed by atoms with van der Waals surface area (Å²) in [5.74, 6) is 0.845. The Hall–Kier alpha value is -2.01. The monoisotopic (exact) mass is 305 g/mol. The van der Waals surface area contributed by atoms with Gasteiger partial charge in [-0.2, -0.15) is 0 Å². The molecule has 0 aromatic heterocycles. The molecule has 0 amide bonds. The van der Waals surface area contributed by atoms with E-state index in [0.29, 0.717) is 11.4 Å². The molecule has 112 valence electrons. The number of hydrogen-bond donors (Lipinski definition) is 0. The number of ether oxygens (including phenoxy) is 1. The zero-order valence-corrected chi connectivity index (χ0v) is 13.2. The second-order valence-electron chi connectivity index (χ2n) is 4.93. The number of anilines is 1. The van der Waals surface area contributed by atoms with Gasteiger partial charge in [-0.1, -0.05) is 18.2 Å². The van der Waals surface area contributed by atoms with Gasteiger partial charge in [0.05, 0.1) is 12.0 Å². The second kappa shape index (κ2) is 6.18. The van der Waals surface area contributed by atoms with Crippen LogP contribution in [-0.4, -0.2) is 28.8 Å². The lowest BCUT2D eigenvalue weighted by molar-refractivity contribution is 0.409. The Bertz CT molecular complexity index is 709. The van der Waals surface area contributed by atoms with Gasteiger partial charge in [0.1, 0.15) is 5.75 Å². The molecular weight excluding hydrogens is 286 g/mol. The molecule has 0 aliphatic carbocycles. The zero-order valence-electron chi connectivity index (χ0n) is 12.4. The molecule has 21 heavy (non-hydrogen) atoms. The van der Waals surface area contributed by atoms with E-state index >= 15 is 0 Å². The maximum atomic E-state index is 11.5. The molecular formula is C16H19NO3S. The van der Waals surface area contributed by atoms with Crippen molar-refractivity contribution in [2.45, 2.75) is 11.4 Å². The third-order valence-corrected chi connectivity index (χ3v) is 4.43. The normalized spacial score (nSPS) is 11.2. The van der Waals surface area contributed by atoms with Crippen molar-refractivity contribution >= 4 is 15.5 Å². The van der Waals surface area contributed by atoms with Gasteiger partial charge in [0.25, 0.3) is 0 Å². The van der Waals surface area contributed by atoms with E-state index in [0.717, 1.165) is 17.0 Å². The minimum Gasteiger partial charge on any atom is -0.496 e. The predicted octanol–water partition coefficient (Wildman–Crippen LogP) is 2.74. The van der Waals surface area contributed by atoms with Gasteiger partial charge in [-0.15, -0.1) is 0 Å². The van der Waals surface area contributed by atoms with E-state index in [9.17, 15) is 8.42 Å². The first-order chi connectivity index (χ1) is 9.91. The van der Waals surface area contributed by atoms with Crippen molar-refractivity contribution in [2.24, 2.45) is 0 Å². The van der Waals surface area contributed by atoms with Crippen molar-refractivity contribution in [1.82, 2.24) is 0 Å². The van der Waals surface area contributed by atoms with Gasteiger partial charge in [0, 0.05) is 31.1 Å². The van der Waals surface area contributed by atoms with Gasteiger partial charge >= 0.3 is 0 Å². The van der Waals surface area contributed by atoms with Gasteiger partial charge < -0.3 is 9.64 Å². The van der Waals surface area contributed by atoms with Crippen molar-refractivity contribution in [1.29, 1.82) is 0 Å². The fourth-order valence-corrected chi connectivity index (χ4v) is 2.76. The van der Waals surface area contributed by atoms with Crippen LogP contribution in [0.15, 0.2) is 53.4 Å². The van der Waals surface area contributed by atoms with Crippen LogP contribution < -0.4 is 9.64 Å². The molecule has 0 fully saturated rings. The Morgan fingerprint density at radius 3 is 2.24 bits per heavy atom.